The Labute approximate surface area is 126 Å². The Morgan fingerprint density at radius 2 is 2.30 bits per heavy atom. The van der Waals surface area contributed by atoms with Crippen LogP contribution >= 0.6 is 11.3 Å². The van der Waals surface area contributed by atoms with Crippen LogP contribution in [0.15, 0.2) is 17.5 Å². The Balaban J connectivity index is 1.53. The van der Waals surface area contributed by atoms with Gasteiger partial charge in [-0.05, 0) is 50.7 Å². The van der Waals surface area contributed by atoms with Crippen LogP contribution in [0.3, 0.4) is 0 Å². The zero-order valence-corrected chi connectivity index (χ0v) is 13.5. The smallest absolute Gasteiger partial charge is 0.0495 e. The Kier molecular flexibility index (Phi) is 4.46. The molecule has 4 heteroatoms. The summed E-state index contributed by atoms with van der Waals surface area (Å²) < 4.78 is 5.65. The Hall–Kier alpha value is -0.420. The maximum atomic E-state index is 5.65. The number of piperidine rings is 1. The van der Waals surface area contributed by atoms with Crippen LogP contribution < -0.4 is 0 Å². The molecule has 2 saturated heterocycles. The quantitative estimate of drug-likeness (QED) is 0.830. The highest BCUT2D eigenvalue weighted by molar-refractivity contribution is 7.09. The second-order valence-electron chi connectivity index (χ2n) is 6.39. The van der Waals surface area contributed by atoms with Crippen LogP contribution in [-0.2, 0) is 11.3 Å². The van der Waals surface area contributed by atoms with E-state index in [2.05, 4.69) is 41.3 Å². The third-order valence-electron chi connectivity index (χ3n) is 4.90. The van der Waals surface area contributed by atoms with Gasteiger partial charge < -0.3 is 4.74 Å². The van der Waals surface area contributed by atoms with E-state index in [0.717, 1.165) is 25.7 Å². The zero-order chi connectivity index (χ0) is 14.0. The van der Waals surface area contributed by atoms with Crippen LogP contribution in [-0.4, -0.2) is 55.2 Å². The molecular formula is C16H26N2OS. The monoisotopic (exact) mass is 294 g/mol. The van der Waals surface area contributed by atoms with E-state index in [4.69, 9.17) is 4.74 Å². The molecule has 112 valence electrons. The lowest BCUT2D eigenvalue weighted by atomic mass is 9.75. The second kappa shape index (κ2) is 6.14. The minimum Gasteiger partial charge on any atom is -0.381 e. The fourth-order valence-corrected chi connectivity index (χ4v) is 4.47. The lowest BCUT2D eigenvalue weighted by Gasteiger charge is -2.58. The second-order valence-corrected chi connectivity index (χ2v) is 7.42. The number of rotatable bonds is 5. The third-order valence-corrected chi connectivity index (χ3v) is 5.77. The number of nitrogens with zero attached hydrogens (tertiary/aromatic N) is 2. The van der Waals surface area contributed by atoms with E-state index in [1.165, 1.54) is 37.4 Å². The van der Waals surface area contributed by atoms with Gasteiger partial charge in [0.1, 0.15) is 0 Å². The summed E-state index contributed by atoms with van der Waals surface area (Å²) in [5.41, 5.74) is 0.428. The molecule has 0 aliphatic carbocycles. The minimum atomic E-state index is 0.428. The lowest BCUT2D eigenvalue weighted by Crippen LogP contribution is -2.71. The number of ether oxygens (including phenoxy) is 1. The molecule has 2 aliphatic rings. The Morgan fingerprint density at radius 3 is 3.00 bits per heavy atom. The van der Waals surface area contributed by atoms with Crippen LogP contribution in [0.4, 0.5) is 0 Å². The van der Waals surface area contributed by atoms with E-state index in [9.17, 15) is 0 Å². The number of likely N-dealkylation sites (tertiary alicyclic amines) is 2. The highest BCUT2D eigenvalue weighted by Gasteiger charge is 2.49. The van der Waals surface area contributed by atoms with Gasteiger partial charge in [0, 0.05) is 43.3 Å². The molecule has 20 heavy (non-hydrogen) atoms. The predicted octanol–water partition coefficient (Wildman–Crippen LogP) is 2.68. The van der Waals surface area contributed by atoms with Crippen LogP contribution in [0.5, 0.6) is 0 Å². The summed E-state index contributed by atoms with van der Waals surface area (Å²) in [6, 6.07) is 4.40. The lowest BCUT2D eigenvalue weighted by molar-refractivity contribution is -0.0919. The molecule has 1 aromatic rings. The zero-order valence-electron chi connectivity index (χ0n) is 12.7. The van der Waals surface area contributed by atoms with Gasteiger partial charge in [0.05, 0.1) is 0 Å². The molecule has 0 aromatic carbocycles. The molecule has 0 N–H and O–H groups in total. The molecule has 0 amide bonds. The van der Waals surface area contributed by atoms with Crippen molar-refractivity contribution >= 4 is 11.3 Å². The maximum absolute atomic E-state index is 5.65. The van der Waals surface area contributed by atoms with Gasteiger partial charge in [0.2, 0.25) is 0 Å². The van der Waals surface area contributed by atoms with Crippen LogP contribution in [0, 0.1) is 5.92 Å². The molecule has 2 aliphatic heterocycles. The van der Waals surface area contributed by atoms with Crippen molar-refractivity contribution in [1.29, 1.82) is 0 Å². The highest BCUT2D eigenvalue weighted by atomic mass is 32.1. The van der Waals surface area contributed by atoms with Gasteiger partial charge in [-0.2, -0.15) is 0 Å². The van der Waals surface area contributed by atoms with E-state index in [-0.39, 0.29) is 0 Å². The number of hydrogen-bond donors (Lipinski definition) is 0. The molecule has 0 radical (unpaired) electrons. The van der Waals surface area contributed by atoms with E-state index < -0.39 is 0 Å². The summed E-state index contributed by atoms with van der Waals surface area (Å²) in [4.78, 5) is 6.68. The summed E-state index contributed by atoms with van der Waals surface area (Å²) >= 11 is 1.87. The van der Waals surface area contributed by atoms with Crippen LogP contribution in [0.1, 0.15) is 24.6 Å². The molecule has 0 saturated carbocycles. The molecule has 0 unspecified atom stereocenters. The fourth-order valence-electron chi connectivity index (χ4n) is 3.73. The van der Waals surface area contributed by atoms with Gasteiger partial charge in [-0.15, -0.1) is 11.3 Å². The molecule has 3 nitrogen and oxygen atoms in total. The van der Waals surface area contributed by atoms with Crippen molar-refractivity contribution in [1.82, 2.24) is 9.80 Å². The molecule has 1 atom stereocenters. The molecule has 1 spiro atoms. The number of thiophene rings is 1. The summed E-state index contributed by atoms with van der Waals surface area (Å²) in [6.45, 7) is 8.71. The van der Waals surface area contributed by atoms with E-state index in [0.29, 0.717) is 5.54 Å². The largest absolute Gasteiger partial charge is 0.381 e. The van der Waals surface area contributed by atoms with Crippen molar-refractivity contribution in [3.63, 3.8) is 0 Å². The van der Waals surface area contributed by atoms with Crippen molar-refractivity contribution in [3.8, 4) is 0 Å². The molecule has 0 bridgehead atoms. The van der Waals surface area contributed by atoms with Gasteiger partial charge in [-0.3, -0.25) is 9.80 Å². The van der Waals surface area contributed by atoms with Gasteiger partial charge in [0.25, 0.3) is 0 Å². The van der Waals surface area contributed by atoms with Crippen molar-refractivity contribution in [2.75, 3.05) is 39.9 Å². The summed E-state index contributed by atoms with van der Waals surface area (Å²) in [5.74, 6) is 0.759. The normalized spacial score (nSPS) is 26.8. The van der Waals surface area contributed by atoms with Gasteiger partial charge >= 0.3 is 0 Å². The average molecular weight is 294 g/mol. The Bertz CT molecular complexity index is 412. The first-order chi connectivity index (χ1) is 9.72. The maximum Gasteiger partial charge on any atom is 0.0495 e. The predicted molar refractivity (Wildman–Crippen MR) is 84.2 cm³/mol. The molecule has 3 rings (SSSR count). The summed E-state index contributed by atoms with van der Waals surface area (Å²) in [5, 5.41) is 2.18. The van der Waals surface area contributed by atoms with Gasteiger partial charge in [0.15, 0.2) is 0 Å². The SMILES string of the molecule is CCOC[C@@H]1CCN(C)C2(C1)CN(Cc1cccs1)C2. The summed E-state index contributed by atoms with van der Waals surface area (Å²) in [6.07, 6.45) is 2.60. The van der Waals surface area contributed by atoms with Crippen molar-refractivity contribution < 1.29 is 4.74 Å². The van der Waals surface area contributed by atoms with E-state index >= 15 is 0 Å². The first-order valence-electron chi connectivity index (χ1n) is 7.75. The third kappa shape index (κ3) is 2.93. The minimum absolute atomic E-state index is 0.428. The van der Waals surface area contributed by atoms with Gasteiger partial charge in [-0.1, -0.05) is 6.07 Å². The molecular weight excluding hydrogens is 268 g/mol. The topological polar surface area (TPSA) is 15.7 Å². The van der Waals surface area contributed by atoms with Gasteiger partial charge in [-0.25, -0.2) is 0 Å². The highest BCUT2D eigenvalue weighted by Crippen LogP contribution is 2.39. The number of likely N-dealkylation sites (N-methyl/N-ethyl adjacent to an activating group) is 1. The van der Waals surface area contributed by atoms with Crippen molar-refractivity contribution in [3.05, 3.63) is 22.4 Å². The van der Waals surface area contributed by atoms with Crippen LogP contribution in [0.2, 0.25) is 0 Å². The van der Waals surface area contributed by atoms with Crippen LogP contribution in [0.25, 0.3) is 0 Å². The fraction of sp³-hybridized carbons (Fsp3) is 0.750. The summed E-state index contributed by atoms with van der Waals surface area (Å²) in [7, 11) is 2.30. The first-order valence-corrected chi connectivity index (χ1v) is 8.63. The molecule has 3 heterocycles. The van der Waals surface area contributed by atoms with Crippen molar-refractivity contribution in [2.24, 2.45) is 5.92 Å². The average Bonchev–Trinajstić information content (AvgIpc) is 2.90. The number of hydrogen-bond acceptors (Lipinski definition) is 4. The van der Waals surface area contributed by atoms with Crippen molar-refractivity contribution in [2.45, 2.75) is 31.8 Å². The van der Waals surface area contributed by atoms with E-state index in [1.807, 2.05) is 11.3 Å². The molecule has 1 aromatic heterocycles. The Morgan fingerprint density at radius 1 is 1.45 bits per heavy atom. The first kappa shape index (κ1) is 14.5. The molecule has 2 fully saturated rings. The van der Waals surface area contributed by atoms with E-state index in [1.54, 1.807) is 0 Å². The standard InChI is InChI=1S/C16H26N2OS/c1-3-19-11-14-6-7-17(2)16(9-14)12-18(13-16)10-15-5-4-8-20-15/h4-5,8,14H,3,6-7,9-13H2,1-2H3/t14-/m1/s1.